The summed E-state index contributed by atoms with van der Waals surface area (Å²) in [6.45, 7) is 4.84. The maximum absolute atomic E-state index is 13.1. The highest BCUT2D eigenvalue weighted by Crippen LogP contribution is 2.26. The van der Waals surface area contributed by atoms with E-state index < -0.39 is 0 Å². The third-order valence-corrected chi connectivity index (χ3v) is 3.37. The largest absolute Gasteiger partial charge is 0.370 e. The second-order valence-electron chi connectivity index (χ2n) is 4.90. The van der Waals surface area contributed by atoms with E-state index in [0.717, 1.165) is 34.4 Å². The van der Waals surface area contributed by atoms with Gasteiger partial charge in [0.25, 0.3) is 0 Å². The van der Waals surface area contributed by atoms with Crippen molar-refractivity contribution in [1.29, 1.82) is 0 Å². The van der Waals surface area contributed by atoms with Gasteiger partial charge in [-0.25, -0.2) is 14.4 Å². The van der Waals surface area contributed by atoms with Gasteiger partial charge >= 0.3 is 0 Å². The van der Waals surface area contributed by atoms with E-state index in [2.05, 4.69) is 15.3 Å². The molecular formula is C17H16FN3. The van der Waals surface area contributed by atoms with Gasteiger partial charge in [0.15, 0.2) is 5.82 Å². The molecule has 0 spiro atoms. The van der Waals surface area contributed by atoms with Crippen molar-refractivity contribution in [3.05, 3.63) is 53.8 Å². The molecule has 0 bridgehead atoms. The summed E-state index contributed by atoms with van der Waals surface area (Å²) >= 11 is 0. The summed E-state index contributed by atoms with van der Waals surface area (Å²) in [6.07, 6.45) is 0. The van der Waals surface area contributed by atoms with Crippen LogP contribution in [0.1, 0.15) is 12.5 Å². The van der Waals surface area contributed by atoms with Crippen molar-refractivity contribution < 1.29 is 4.39 Å². The van der Waals surface area contributed by atoms with Crippen LogP contribution in [0.4, 0.5) is 10.2 Å². The molecule has 3 rings (SSSR count). The number of fused-ring (bicyclic) bond motifs is 1. The van der Waals surface area contributed by atoms with Crippen molar-refractivity contribution in [3.8, 4) is 11.4 Å². The van der Waals surface area contributed by atoms with E-state index in [1.807, 2.05) is 32.0 Å². The number of anilines is 1. The molecule has 0 amide bonds. The summed E-state index contributed by atoms with van der Waals surface area (Å²) in [5, 5.41) is 4.28. The number of benzene rings is 2. The third-order valence-electron chi connectivity index (χ3n) is 3.37. The molecule has 1 aromatic heterocycles. The van der Waals surface area contributed by atoms with Gasteiger partial charge in [0.1, 0.15) is 11.6 Å². The highest BCUT2D eigenvalue weighted by molar-refractivity contribution is 5.92. The molecule has 0 atom stereocenters. The molecule has 4 heteroatoms. The average molecular weight is 281 g/mol. The van der Waals surface area contributed by atoms with Crippen molar-refractivity contribution in [1.82, 2.24) is 9.97 Å². The molecule has 0 fully saturated rings. The van der Waals surface area contributed by atoms with Crippen molar-refractivity contribution in [2.45, 2.75) is 13.8 Å². The predicted octanol–water partition coefficient (Wildman–Crippen LogP) is 4.18. The maximum atomic E-state index is 13.1. The Morgan fingerprint density at radius 1 is 1.05 bits per heavy atom. The van der Waals surface area contributed by atoms with E-state index in [1.54, 1.807) is 12.1 Å². The Hall–Kier alpha value is -2.49. The lowest BCUT2D eigenvalue weighted by atomic mass is 10.1. The molecule has 21 heavy (non-hydrogen) atoms. The van der Waals surface area contributed by atoms with Crippen LogP contribution < -0.4 is 5.32 Å². The average Bonchev–Trinajstić information content (AvgIpc) is 2.49. The molecule has 2 aromatic carbocycles. The van der Waals surface area contributed by atoms with E-state index in [1.165, 1.54) is 12.1 Å². The fourth-order valence-electron chi connectivity index (χ4n) is 2.33. The second-order valence-corrected chi connectivity index (χ2v) is 4.90. The number of aryl methyl sites for hydroxylation is 1. The molecule has 0 radical (unpaired) electrons. The molecule has 0 unspecified atom stereocenters. The smallest absolute Gasteiger partial charge is 0.162 e. The zero-order valence-electron chi connectivity index (χ0n) is 12.0. The highest BCUT2D eigenvalue weighted by atomic mass is 19.1. The Balaban J connectivity index is 2.24. The molecule has 0 aliphatic heterocycles. The molecule has 0 aliphatic rings. The molecule has 0 saturated carbocycles. The Bertz CT molecular complexity index is 782. The van der Waals surface area contributed by atoms with Gasteiger partial charge < -0.3 is 5.32 Å². The van der Waals surface area contributed by atoms with Crippen LogP contribution >= 0.6 is 0 Å². The molecule has 1 heterocycles. The van der Waals surface area contributed by atoms with Gasteiger partial charge in [0.05, 0.1) is 5.52 Å². The third kappa shape index (κ3) is 2.57. The zero-order valence-corrected chi connectivity index (χ0v) is 12.0. The fraction of sp³-hybridized carbons (Fsp3) is 0.176. The lowest BCUT2D eigenvalue weighted by Gasteiger charge is -2.11. The van der Waals surface area contributed by atoms with Crippen LogP contribution in [-0.2, 0) is 0 Å². The first-order valence-electron chi connectivity index (χ1n) is 6.96. The van der Waals surface area contributed by atoms with Crippen molar-refractivity contribution in [2.24, 2.45) is 0 Å². The van der Waals surface area contributed by atoms with Crippen molar-refractivity contribution in [3.63, 3.8) is 0 Å². The lowest BCUT2D eigenvalue weighted by molar-refractivity contribution is 0.628. The van der Waals surface area contributed by atoms with E-state index >= 15 is 0 Å². The number of hydrogen-bond donors (Lipinski definition) is 1. The first-order valence-corrected chi connectivity index (χ1v) is 6.96. The minimum atomic E-state index is -0.261. The van der Waals surface area contributed by atoms with E-state index in [9.17, 15) is 4.39 Å². The molecule has 0 aliphatic carbocycles. The van der Waals surface area contributed by atoms with E-state index in [-0.39, 0.29) is 5.82 Å². The molecular weight excluding hydrogens is 265 g/mol. The molecule has 106 valence electrons. The minimum absolute atomic E-state index is 0.261. The zero-order chi connectivity index (χ0) is 14.8. The predicted molar refractivity (Wildman–Crippen MR) is 83.8 cm³/mol. The topological polar surface area (TPSA) is 37.8 Å². The summed E-state index contributed by atoms with van der Waals surface area (Å²) in [5.74, 6) is 1.15. The van der Waals surface area contributed by atoms with Crippen LogP contribution in [0.15, 0.2) is 42.5 Å². The number of hydrogen-bond acceptors (Lipinski definition) is 3. The first-order chi connectivity index (χ1) is 10.2. The van der Waals surface area contributed by atoms with Gasteiger partial charge in [-0.15, -0.1) is 0 Å². The monoisotopic (exact) mass is 281 g/mol. The van der Waals surface area contributed by atoms with E-state index in [4.69, 9.17) is 0 Å². The molecule has 3 aromatic rings. The molecule has 1 N–H and O–H groups in total. The van der Waals surface area contributed by atoms with Gasteiger partial charge in [0.2, 0.25) is 0 Å². The number of halogens is 1. The second kappa shape index (κ2) is 5.48. The van der Waals surface area contributed by atoms with Crippen LogP contribution in [-0.4, -0.2) is 16.5 Å². The number of rotatable bonds is 3. The number of para-hydroxylation sites is 1. The quantitative estimate of drug-likeness (QED) is 0.782. The van der Waals surface area contributed by atoms with Crippen LogP contribution in [0.5, 0.6) is 0 Å². The fourth-order valence-corrected chi connectivity index (χ4v) is 2.33. The normalized spacial score (nSPS) is 10.8. The highest BCUT2D eigenvalue weighted by Gasteiger charge is 2.10. The van der Waals surface area contributed by atoms with Gasteiger partial charge in [-0.2, -0.15) is 0 Å². The number of nitrogens with zero attached hydrogens (tertiary/aromatic N) is 2. The van der Waals surface area contributed by atoms with Crippen LogP contribution in [0.2, 0.25) is 0 Å². The Morgan fingerprint density at radius 2 is 1.81 bits per heavy atom. The number of aromatic nitrogens is 2. The van der Waals surface area contributed by atoms with Crippen molar-refractivity contribution in [2.75, 3.05) is 11.9 Å². The van der Waals surface area contributed by atoms with Gasteiger partial charge in [0, 0.05) is 17.5 Å². The standard InChI is InChI=1S/C17H16FN3/c1-3-19-17-14-6-4-5-11(2)15(14)20-16(21-17)12-7-9-13(18)10-8-12/h4-10H,3H2,1-2H3,(H,19,20,21). The molecule has 0 saturated heterocycles. The van der Waals surface area contributed by atoms with Gasteiger partial charge in [-0.05, 0) is 49.7 Å². The minimum Gasteiger partial charge on any atom is -0.370 e. The van der Waals surface area contributed by atoms with Crippen molar-refractivity contribution >= 4 is 16.7 Å². The Kier molecular flexibility index (Phi) is 3.52. The van der Waals surface area contributed by atoms with Crippen LogP contribution in [0.25, 0.3) is 22.3 Å². The van der Waals surface area contributed by atoms with Gasteiger partial charge in [-0.1, -0.05) is 12.1 Å². The molecule has 3 nitrogen and oxygen atoms in total. The SMILES string of the molecule is CCNc1nc(-c2ccc(F)cc2)nc2c(C)cccc12. The van der Waals surface area contributed by atoms with Crippen LogP contribution in [0.3, 0.4) is 0 Å². The summed E-state index contributed by atoms with van der Waals surface area (Å²) in [6, 6.07) is 12.3. The summed E-state index contributed by atoms with van der Waals surface area (Å²) in [7, 11) is 0. The first kappa shape index (κ1) is 13.5. The Morgan fingerprint density at radius 3 is 2.52 bits per heavy atom. The van der Waals surface area contributed by atoms with Crippen LogP contribution in [0, 0.1) is 12.7 Å². The lowest BCUT2D eigenvalue weighted by Crippen LogP contribution is -2.03. The summed E-state index contributed by atoms with van der Waals surface area (Å²) in [5.41, 5.74) is 2.82. The summed E-state index contributed by atoms with van der Waals surface area (Å²) < 4.78 is 13.1. The summed E-state index contributed by atoms with van der Waals surface area (Å²) in [4.78, 5) is 9.23. The number of nitrogens with one attached hydrogen (secondary N) is 1. The van der Waals surface area contributed by atoms with Gasteiger partial charge in [-0.3, -0.25) is 0 Å². The Labute approximate surface area is 122 Å². The maximum Gasteiger partial charge on any atom is 0.162 e. The van der Waals surface area contributed by atoms with E-state index in [0.29, 0.717) is 5.82 Å².